The van der Waals surface area contributed by atoms with Gasteiger partial charge in [0.1, 0.15) is 6.04 Å². The number of para-hydroxylation sites is 1. The number of fused-ring (bicyclic) bond motifs is 3. The highest BCUT2D eigenvalue weighted by molar-refractivity contribution is 7.10. The number of urea groups is 1. The molecule has 2 aromatic heterocycles. The highest BCUT2D eigenvalue weighted by Gasteiger charge is 2.40. The molecule has 1 fully saturated rings. The summed E-state index contributed by atoms with van der Waals surface area (Å²) >= 11 is 1.66. The van der Waals surface area contributed by atoms with Gasteiger partial charge in [-0.25, -0.2) is 4.79 Å². The summed E-state index contributed by atoms with van der Waals surface area (Å²) in [5.41, 5.74) is 2.69. The van der Waals surface area contributed by atoms with E-state index in [-0.39, 0.29) is 24.5 Å². The van der Waals surface area contributed by atoms with E-state index < -0.39 is 5.54 Å². The largest absolute Gasteiger partial charge is 0.466 e. The normalized spacial score (nSPS) is 19.0. The molecule has 2 aliphatic rings. The first-order valence-corrected chi connectivity index (χ1v) is 13.0. The second-order valence-electron chi connectivity index (χ2n) is 9.23. The van der Waals surface area contributed by atoms with Crippen molar-refractivity contribution in [2.24, 2.45) is 0 Å². The summed E-state index contributed by atoms with van der Waals surface area (Å²) in [4.78, 5) is 29.6. The van der Waals surface area contributed by atoms with Crippen LogP contribution in [-0.4, -0.2) is 33.6 Å². The lowest BCUT2D eigenvalue weighted by Gasteiger charge is -2.40. The lowest BCUT2D eigenvalue weighted by atomic mass is 9.79. The fourth-order valence-electron chi connectivity index (χ4n) is 5.45. The number of carbonyl (C=O) groups excluding carboxylic acids is 2. The molecule has 3 aromatic rings. The first-order chi connectivity index (χ1) is 16.6. The molecule has 1 saturated carbocycles. The van der Waals surface area contributed by atoms with E-state index in [0.717, 1.165) is 53.9 Å². The van der Waals surface area contributed by atoms with Crippen molar-refractivity contribution in [1.29, 1.82) is 0 Å². The second kappa shape index (κ2) is 9.66. The molecular formula is C27H31N3O3S. The predicted molar refractivity (Wildman–Crippen MR) is 133 cm³/mol. The van der Waals surface area contributed by atoms with Gasteiger partial charge in [0, 0.05) is 11.1 Å². The number of rotatable bonds is 5. The zero-order valence-electron chi connectivity index (χ0n) is 19.5. The van der Waals surface area contributed by atoms with Crippen LogP contribution in [0.4, 0.5) is 4.79 Å². The first kappa shape index (κ1) is 22.7. The van der Waals surface area contributed by atoms with Crippen LogP contribution in [0.15, 0.2) is 60.1 Å². The van der Waals surface area contributed by atoms with Crippen molar-refractivity contribution < 1.29 is 14.3 Å². The smallest absolute Gasteiger partial charge is 0.319 e. The van der Waals surface area contributed by atoms with Crippen LogP contribution in [0.25, 0.3) is 5.69 Å². The average molecular weight is 478 g/mol. The third-order valence-electron chi connectivity index (χ3n) is 7.01. The molecule has 34 heavy (non-hydrogen) atoms. The summed E-state index contributed by atoms with van der Waals surface area (Å²) in [5.74, 6) is -0.241. The number of amides is 2. The van der Waals surface area contributed by atoms with Gasteiger partial charge in [-0.3, -0.25) is 4.79 Å². The summed E-state index contributed by atoms with van der Waals surface area (Å²) < 4.78 is 7.47. The SMILES string of the molecule is CCOC(=O)CC1(NC(=O)N2Cc3ccccc3-n3cccc3[C@@H]2c2cccs2)CCCCC1. The van der Waals surface area contributed by atoms with Gasteiger partial charge >= 0.3 is 12.0 Å². The van der Waals surface area contributed by atoms with Crippen molar-refractivity contribution in [3.63, 3.8) is 0 Å². The van der Waals surface area contributed by atoms with E-state index >= 15 is 0 Å². The fraction of sp³-hybridized carbons (Fsp3) is 0.407. The van der Waals surface area contributed by atoms with Crippen LogP contribution in [0.1, 0.15) is 67.6 Å². The van der Waals surface area contributed by atoms with Crippen molar-refractivity contribution >= 4 is 23.3 Å². The molecule has 1 N–H and O–H groups in total. The first-order valence-electron chi connectivity index (χ1n) is 12.1. The Hall–Kier alpha value is -3.06. The van der Waals surface area contributed by atoms with E-state index in [0.29, 0.717) is 13.2 Å². The number of esters is 1. The Balaban J connectivity index is 1.53. The van der Waals surface area contributed by atoms with E-state index in [2.05, 4.69) is 45.7 Å². The Kier molecular flexibility index (Phi) is 6.46. The van der Waals surface area contributed by atoms with Crippen LogP contribution in [0.3, 0.4) is 0 Å². The maximum Gasteiger partial charge on any atom is 0.319 e. The number of hydrogen-bond donors (Lipinski definition) is 1. The summed E-state index contributed by atoms with van der Waals surface area (Å²) in [6, 6.07) is 16.2. The van der Waals surface area contributed by atoms with E-state index in [9.17, 15) is 9.59 Å². The van der Waals surface area contributed by atoms with Crippen LogP contribution in [0, 0.1) is 0 Å². The third kappa shape index (κ3) is 4.37. The van der Waals surface area contributed by atoms with Gasteiger partial charge in [0.15, 0.2) is 0 Å². The molecule has 1 aliphatic heterocycles. The van der Waals surface area contributed by atoms with Gasteiger partial charge in [0.2, 0.25) is 0 Å². The number of ether oxygens (including phenoxy) is 1. The fourth-order valence-corrected chi connectivity index (χ4v) is 6.30. The molecule has 0 radical (unpaired) electrons. The Morgan fingerprint density at radius 2 is 1.91 bits per heavy atom. The molecule has 1 aromatic carbocycles. The number of nitrogens with zero attached hydrogens (tertiary/aromatic N) is 2. The highest BCUT2D eigenvalue weighted by atomic mass is 32.1. The third-order valence-corrected chi connectivity index (χ3v) is 7.93. The number of aromatic nitrogens is 1. The van der Waals surface area contributed by atoms with Gasteiger partial charge in [0.05, 0.1) is 36.5 Å². The van der Waals surface area contributed by atoms with Gasteiger partial charge in [-0.2, -0.15) is 0 Å². The molecule has 7 heteroatoms. The van der Waals surface area contributed by atoms with Gasteiger partial charge in [-0.05, 0) is 55.0 Å². The second-order valence-corrected chi connectivity index (χ2v) is 10.2. The number of hydrogen-bond acceptors (Lipinski definition) is 4. The molecule has 178 valence electrons. The molecule has 0 bridgehead atoms. The zero-order chi connectivity index (χ0) is 23.5. The van der Waals surface area contributed by atoms with Gasteiger partial charge in [-0.1, -0.05) is 43.5 Å². The molecule has 0 unspecified atom stereocenters. The minimum Gasteiger partial charge on any atom is -0.466 e. The summed E-state index contributed by atoms with van der Waals surface area (Å²) in [7, 11) is 0. The average Bonchev–Trinajstić information content (AvgIpc) is 3.51. The molecule has 6 nitrogen and oxygen atoms in total. The van der Waals surface area contributed by atoms with Gasteiger partial charge in [-0.15, -0.1) is 11.3 Å². The monoisotopic (exact) mass is 477 g/mol. The number of benzene rings is 1. The molecule has 2 amide bonds. The lowest BCUT2D eigenvalue weighted by molar-refractivity contribution is -0.145. The van der Waals surface area contributed by atoms with E-state index in [1.54, 1.807) is 11.3 Å². The van der Waals surface area contributed by atoms with Crippen molar-refractivity contribution in [1.82, 2.24) is 14.8 Å². The highest BCUT2D eigenvalue weighted by Crippen LogP contribution is 2.39. The molecular weight excluding hydrogens is 446 g/mol. The molecule has 5 rings (SSSR count). The van der Waals surface area contributed by atoms with Gasteiger partial charge in [0.25, 0.3) is 0 Å². The van der Waals surface area contributed by atoms with E-state index in [1.165, 1.54) is 0 Å². The standard InChI is InChI=1S/C27H31N3O3S/c1-2-33-24(31)18-27(14-6-3-7-15-27)28-26(32)30-19-20-10-4-5-11-21(20)29-16-8-12-22(29)25(30)23-13-9-17-34-23/h4-5,8-13,16-17,25H,2-3,6-7,14-15,18-19H2,1H3,(H,28,32)/t25-/m1/s1. The van der Waals surface area contributed by atoms with Crippen molar-refractivity contribution in [3.05, 3.63) is 76.2 Å². The Morgan fingerprint density at radius 3 is 2.68 bits per heavy atom. The molecule has 0 spiro atoms. The summed E-state index contributed by atoms with van der Waals surface area (Å²) in [5, 5.41) is 5.40. The Bertz CT molecular complexity index is 1150. The maximum absolute atomic E-state index is 14.1. The topological polar surface area (TPSA) is 63.6 Å². The van der Waals surface area contributed by atoms with E-state index in [1.807, 2.05) is 36.1 Å². The maximum atomic E-state index is 14.1. The molecule has 3 heterocycles. The van der Waals surface area contributed by atoms with Gasteiger partial charge < -0.3 is 19.5 Å². The summed E-state index contributed by atoms with van der Waals surface area (Å²) in [6.45, 7) is 2.66. The molecule has 1 atom stereocenters. The minimum absolute atomic E-state index is 0.131. The Labute approximate surface area is 204 Å². The Morgan fingerprint density at radius 1 is 1.09 bits per heavy atom. The minimum atomic E-state index is -0.560. The quantitative estimate of drug-likeness (QED) is 0.472. The van der Waals surface area contributed by atoms with Crippen LogP contribution >= 0.6 is 11.3 Å². The van der Waals surface area contributed by atoms with Crippen LogP contribution < -0.4 is 5.32 Å². The van der Waals surface area contributed by atoms with Crippen molar-refractivity contribution in [2.45, 2.75) is 63.6 Å². The van der Waals surface area contributed by atoms with Crippen molar-refractivity contribution in [3.8, 4) is 5.69 Å². The molecule has 1 aliphatic carbocycles. The van der Waals surface area contributed by atoms with Crippen LogP contribution in [-0.2, 0) is 16.1 Å². The predicted octanol–water partition coefficient (Wildman–Crippen LogP) is 5.81. The van der Waals surface area contributed by atoms with Crippen molar-refractivity contribution in [2.75, 3.05) is 6.61 Å². The number of thiophene rings is 1. The van der Waals surface area contributed by atoms with E-state index in [4.69, 9.17) is 4.74 Å². The zero-order valence-corrected chi connectivity index (χ0v) is 20.4. The number of nitrogens with one attached hydrogen (secondary N) is 1. The lowest BCUT2D eigenvalue weighted by Crippen LogP contribution is -2.55. The van der Waals surface area contributed by atoms with Crippen LogP contribution in [0.2, 0.25) is 0 Å². The van der Waals surface area contributed by atoms with Crippen LogP contribution in [0.5, 0.6) is 0 Å². The number of carbonyl (C=O) groups is 2. The summed E-state index contributed by atoms with van der Waals surface area (Å²) in [6.07, 6.45) is 7.00. The molecule has 0 saturated heterocycles.